The van der Waals surface area contributed by atoms with Crippen LogP contribution >= 0.6 is 0 Å². The summed E-state index contributed by atoms with van der Waals surface area (Å²) in [6, 6.07) is 8.48. The fraction of sp³-hybridized carbons (Fsp3) is 0.647. The van der Waals surface area contributed by atoms with E-state index in [1.807, 2.05) is 18.2 Å². The molecule has 2 N–H and O–H groups in total. The minimum Gasteiger partial charge on any atom is -0.496 e. The smallest absolute Gasteiger partial charge is 0.122 e. The molecule has 0 saturated heterocycles. The number of hydrogen-bond donors (Lipinski definition) is 1. The highest BCUT2D eigenvalue weighted by Gasteiger charge is 2.36. The summed E-state index contributed by atoms with van der Waals surface area (Å²) in [6.45, 7) is 6.98. The maximum absolute atomic E-state index is 6.03. The molecule has 0 spiro atoms. The van der Waals surface area contributed by atoms with Gasteiger partial charge in [0, 0.05) is 19.7 Å². The van der Waals surface area contributed by atoms with E-state index in [2.05, 4.69) is 38.8 Å². The molecule has 0 aliphatic carbocycles. The number of hydrogen-bond acceptors (Lipinski definition) is 4. The lowest BCUT2D eigenvalue weighted by Crippen LogP contribution is -2.60. The third kappa shape index (κ3) is 3.96. The van der Waals surface area contributed by atoms with Crippen molar-refractivity contribution in [1.82, 2.24) is 4.90 Å². The van der Waals surface area contributed by atoms with Gasteiger partial charge >= 0.3 is 0 Å². The first-order valence-electron chi connectivity index (χ1n) is 7.48. The van der Waals surface area contributed by atoms with E-state index >= 15 is 0 Å². The Bertz CT molecular complexity index is 439. The third-order valence-electron chi connectivity index (χ3n) is 4.82. The molecule has 0 aliphatic heterocycles. The van der Waals surface area contributed by atoms with Gasteiger partial charge < -0.3 is 15.2 Å². The fourth-order valence-corrected chi connectivity index (χ4v) is 2.68. The number of nitrogens with two attached hydrogens (primary N) is 1. The average molecular weight is 294 g/mol. The SMILES string of the molecule is COc1ccccc1CC(C)N(C)C(C)(CN)C(C)OC. The van der Waals surface area contributed by atoms with E-state index in [1.54, 1.807) is 14.2 Å². The van der Waals surface area contributed by atoms with E-state index in [4.69, 9.17) is 15.2 Å². The number of methoxy groups -OCH3 is 2. The standard InChI is InChI=1S/C17H30N2O2/c1-13(11-15-9-7-8-10-16(15)21-6)19(4)17(3,12-18)14(2)20-5/h7-10,13-14H,11-12,18H2,1-6H3. The largest absolute Gasteiger partial charge is 0.496 e. The molecular weight excluding hydrogens is 264 g/mol. The second-order valence-corrected chi connectivity index (χ2v) is 5.92. The first-order chi connectivity index (χ1) is 9.90. The van der Waals surface area contributed by atoms with E-state index in [0.29, 0.717) is 12.6 Å². The predicted molar refractivity (Wildman–Crippen MR) is 87.9 cm³/mol. The third-order valence-corrected chi connectivity index (χ3v) is 4.82. The Labute approximate surface area is 129 Å². The van der Waals surface area contributed by atoms with Crippen molar-refractivity contribution in [2.75, 3.05) is 27.8 Å². The average Bonchev–Trinajstić information content (AvgIpc) is 2.52. The summed E-state index contributed by atoms with van der Waals surface area (Å²) < 4.78 is 11.0. The molecule has 0 heterocycles. The van der Waals surface area contributed by atoms with Gasteiger partial charge in [0.2, 0.25) is 0 Å². The van der Waals surface area contributed by atoms with Gasteiger partial charge in [-0.25, -0.2) is 0 Å². The van der Waals surface area contributed by atoms with Crippen LogP contribution in [0, 0.1) is 0 Å². The van der Waals surface area contributed by atoms with Gasteiger partial charge in [-0.1, -0.05) is 18.2 Å². The van der Waals surface area contributed by atoms with Crippen LogP contribution in [0.5, 0.6) is 5.75 Å². The van der Waals surface area contributed by atoms with Crippen LogP contribution in [0.3, 0.4) is 0 Å². The van der Waals surface area contributed by atoms with Crippen LogP contribution in [-0.4, -0.2) is 50.4 Å². The van der Waals surface area contributed by atoms with Gasteiger partial charge in [-0.15, -0.1) is 0 Å². The van der Waals surface area contributed by atoms with Crippen LogP contribution in [0.1, 0.15) is 26.3 Å². The number of para-hydroxylation sites is 1. The normalized spacial score (nSPS) is 17.3. The van der Waals surface area contributed by atoms with Crippen LogP contribution in [0.25, 0.3) is 0 Å². The summed E-state index contributed by atoms with van der Waals surface area (Å²) >= 11 is 0. The van der Waals surface area contributed by atoms with E-state index in [0.717, 1.165) is 12.2 Å². The minimum atomic E-state index is -0.198. The van der Waals surface area contributed by atoms with Gasteiger partial charge in [0.05, 0.1) is 18.8 Å². The number of ether oxygens (including phenoxy) is 2. The monoisotopic (exact) mass is 294 g/mol. The van der Waals surface area contributed by atoms with Gasteiger partial charge in [-0.2, -0.15) is 0 Å². The van der Waals surface area contributed by atoms with Crippen molar-refractivity contribution in [2.45, 2.75) is 44.9 Å². The molecular formula is C17H30N2O2. The molecule has 0 bridgehead atoms. The summed E-state index contributed by atoms with van der Waals surface area (Å²) in [5, 5.41) is 0. The van der Waals surface area contributed by atoms with Gasteiger partial charge in [0.1, 0.15) is 5.75 Å². The Morgan fingerprint density at radius 3 is 2.38 bits per heavy atom. The topological polar surface area (TPSA) is 47.7 Å². The molecule has 3 atom stereocenters. The molecule has 0 saturated carbocycles. The Kier molecular flexibility index (Phi) is 6.65. The number of rotatable bonds is 8. The Balaban J connectivity index is 2.89. The molecule has 0 aliphatic rings. The first kappa shape index (κ1) is 18.0. The maximum atomic E-state index is 6.03. The van der Waals surface area contributed by atoms with E-state index in [1.165, 1.54) is 5.56 Å². The van der Waals surface area contributed by atoms with Crippen molar-refractivity contribution < 1.29 is 9.47 Å². The second-order valence-electron chi connectivity index (χ2n) is 5.92. The molecule has 120 valence electrons. The number of likely N-dealkylation sites (N-methyl/N-ethyl adjacent to an activating group) is 1. The molecule has 21 heavy (non-hydrogen) atoms. The molecule has 1 aromatic rings. The second kappa shape index (κ2) is 7.78. The summed E-state index contributed by atoms with van der Waals surface area (Å²) in [5.74, 6) is 0.937. The number of benzene rings is 1. The summed E-state index contributed by atoms with van der Waals surface area (Å²) in [7, 11) is 5.56. The lowest BCUT2D eigenvalue weighted by Gasteiger charge is -2.45. The van der Waals surface area contributed by atoms with E-state index < -0.39 is 0 Å². The molecule has 4 heteroatoms. The Hall–Kier alpha value is -1.10. The zero-order valence-corrected chi connectivity index (χ0v) is 14.2. The molecule has 1 aromatic carbocycles. The molecule has 0 amide bonds. The lowest BCUT2D eigenvalue weighted by atomic mass is 9.91. The van der Waals surface area contributed by atoms with Crippen LogP contribution in [0.15, 0.2) is 24.3 Å². The van der Waals surface area contributed by atoms with Gasteiger partial charge in [0.15, 0.2) is 0 Å². The summed E-state index contributed by atoms with van der Waals surface area (Å²) in [5.41, 5.74) is 7.04. The molecule has 1 rings (SSSR count). The van der Waals surface area contributed by atoms with Gasteiger partial charge in [0.25, 0.3) is 0 Å². The van der Waals surface area contributed by atoms with Crippen molar-refractivity contribution in [3.63, 3.8) is 0 Å². The predicted octanol–water partition coefficient (Wildman–Crippen LogP) is 2.31. The van der Waals surface area contributed by atoms with Crippen molar-refractivity contribution in [3.8, 4) is 5.75 Å². The van der Waals surface area contributed by atoms with Crippen molar-refractivity contribution in [1.29, 1.82) is 0 Å². The first-order valence-corrected chi connectivity index (χ1v) is 7.48. The Morgan fingerprint density at radius 1 is 1.24 bits per heavy atom. The van der Waals surface area contributed by atoms with Crippen molar-refractivity contribution in [2.24, 2.45) is 5.73 Å². The molecule has 0 fully saturated rings. The molecule has 4 nitrogen and oxygen atoms in total. The highest BCUT2D eigenvalue weighted by atomic mass is 16.5. The van der Waals surface area contributed by atoms with Gasteiger partial charge in [-0.3, -0.25) is 4.90 Å². The van der Waals surface area contributed by atoms with Crippen LogP contribution in [0.4, 0.5) is 0 Å². The zero-order valence-electron chi connectivity index (χ0n) is 14.2. The van der Waals surface area contributed by atoms with Gasteiger partial charge in [-0.05, 0) is 45.9 Å². The van der Waals surface area contributed by atoms with E-state index in [9.17, 15) is 0 Å². The van der Waals surface area contributed by atoms with Crippen LogP contribution in [0.2, 0.25) is 0 Å². The number of nitrogens with zero attached hydrogens (tertiary/aromatic N) is 1. The summed E-state index contributed by atoms with van der Waals surface area (Å²) in [6.07, 6.45) is 0.972. The lowest BCUT2D eigenvalue weighted by molar-refractivity contribution is -0.0346. The maximum Gasteiger partial charge on any atom is 0.122 e. The zero-order chi connectivity index (χ0) is 16.0. The van der Waals surface area contributed by atoms with Crippen LogP contribution in [-0.2, 0) is 11.2 Å². The fourth-order valence-electron chi connectivity index (χ4n) is 2.68. The Morgan fingerprint density at radius 2 is 1.86 bits per heavy atom. The molecule has 0 aromatic heterocycles. The minimum absolute atomic E-state index is 0.0626. The van der Waals surface area contributed by atoms with Crippen molar-refractivity contribution in [3.05, 3.63) is 29.8 Å². The van der Waals surface area contributed by atoms with Crippen LogP contribution < -0.4 is 10.5 Å². The molecule has 3 unspecified atom stereocenters. The molecule has 0 radical (unpaired) electrons. The highest BCUT2D eigenvalue weighted by molar-refractivity contribution is 5.33. The van der Waals surface area contributed by atoms with Crippen molar-refractivity contribution >= 4 is 0 Å². The highest BCUT2D eigenvalue weighted by Crippen LogP contribution is 2.25. The summed E-state index contributed by atoms with van der Waals surface area (Å²) in [4.78, 5) is 2.31. The quantitative estimate of drug-likeness (QED) is 0.799. The van der Waals surface area contributed by atoms with E-state index in [-0.39, 0.29) is 11.6 Å².